The predicted octanol–water partition coefficient (Wildman–Crippen LogP) is 3.53. The van der Waals surface area contributed by atoms with E-state index in [0.717, 1.165) is 43.0 Å². The van der Waals surface area contributed by atoms with Gasteiger partial charge in [0, 0.05) is 35.4 Å². The molecule has 0 aromatic heterocycles. The summed E-state index contributed by atoms with van der Waals surface area (Å²) < 4.78 is 6.25. The second-order valence-corrected chi connectivity index (χ2v) is 6.47. The van der Waals surface area contributed by atoms with E-state index in [0.29, 0.717) is 5.56 Å². The van der Waals surface area contributed by atoms with Crippen LogP contribution < -0.4 is 5.32 Å². The van der Waals surface area contributed by atoms with Gasteiger partial charge in [-0.25, -0.2) is 0 Å². The summed E-state index contributed by atoms with van der Waals surface area (Å²) >= 11 is 3.38. The Labute approximate surface area is 144 Å². The summed E-state index contributed by atoms with van der Waals surface area (Å²) in [5, 5.41) is 2.92. The number of hydrogen-bond acceptors (Lipinski definition) is 3. The van der Waals surface area contributed by atoms with Crippen molar-refractivity contribution < 1.29 is 9.53 Å². The molecule has 1 amide bonds. The maximum Gasteiger partial charge on any atom is 0.255 e. The van der Waals surface area contributed by atoms with E-state index >= 15 is 0 Å². The summed E-state index contributed by atoms with van der Waals surface area (Å²) in [6.45, 7) is 4.48. The molecule has 1 aliphatic rings. The molecule has 0 aliphatic carbocycles. The van der Waals surface area contributed by atoms with Gasteiger partial charge in [0.2, 0.25) is 0 Å². The normalized spacial score (nSPS) is 15.3. The van der Waals surface area contributed by atoms with E-state index in [1.807, 2.05) is 30.3 Å². The number of carbonyl (C=O) groups is 1. The Morgan fingerprint density at radius 1 is 1.13 bits per heavy atom. The summed E-state index contributed by atoms with van der Waals surface area (Å²) in [4.78, 5) is 14.6. The van der Waals surface area contributed by atoms with E-state index < -0.39 is 0 Å². The molecular weight excluding hydrogens is 356 g/mol. The number of rotatable bonds is 4. The summed E-state index contributed by atoms with van der Waals surface area (Å²) in [5.41, 5.74) is 2.69. The number of carbonyl (C=O) groups excluding carboxylic acids is 1. The minimum atomic E-state index is -0.104. The van der Waals surface area contributed by atoms with E-state index in [4.69, 9.17) is 4.74 Å². The molecule has 0 radical (unpaired) electrons. The number of nitrogens with one attached hydrogen (secondary N) is 1. The second-order valence-electron chi connectivity index (χ2n) is 5.55. The molecule has 3 rings (SSSR count). The van der Waals surface area contributed by atoms with Crippen LogP contribution in [-0.2, 0) is 11.3 Å². The van der Waals surface area contributed by atoms with Gasteiger partial charge in [0.15, 0.2) is 0 Å². The fourth-order valence-electron chi connectivity index (χ4n) is 2.54. The lowest BCUT2D eigenvalue weighted by atomic mass is 10.1. The number of morpholine rings is 1. The Morgan fingerprint density at radius 2 is 1.87 bits per heavy atom. The Kier molecular flexibility index (Phi) is 5.43. The maximum atomic E-state index is 12.2. The molecule has 5 heteroatoms. The molecular formula is C18H19BrN2O2. The summed E-state index contributed by atoms with van der Waals surface area (Å²) in [6.07, 6.45) is 0. The lowest BCUT2D eigenvalue weighted by Gasteiger charge is -2.26. The third kappa shape index (κ3) is 4.64. The average Bonchev–Trinajstić information content (AvgIpc) is 2.57. The van der Waals surface area contributed by atoms with Crippen molar-refractivity contribution in [1.82, 2.24) is 4.90 Å². The Bertz CT molecular complexity index is 667. The zero-order valence-electron chi connectivity index (χ0n) is 12.8. The Morgan fingerprint density at radius 3 is 2.57 bits per heavy atom. The van der Waals surface area contributed by atoms with Crippen LogP contribution in [0.5, 0.6) is 0 Å². The van der Waals surface area contributed by atoms with Crippen LogP contribution in [0.4, 0.5) is 5.69 Å². The third-order valence-electron chi connectivity index (χ3n) is 3.81. The smallest absolute Gasteiger partial charge is 0.255 e. The van der Waals surface area contributed by atoms with Crippen molar-refractivity contribution in [3.63, 3.8) is 0 Å². The number of anilines is 1. The zero-order chi connectivity index (χ0) is 16.1. The van der Waals surface area contributed by atoms with Crippen LogP contribution in [0.25, 0.3) is 0 Å². The molecule has 1 saturated heterocycles. The van der Waals surface area contributed by atoms with Crippen molar-refractivity contribution >= 4 is 27.5 Å². The maximum absolute atomic E-state index is 12.2. The minimum absolute atomic E-state index is 0.104. The number of benzene rings is 2. The molecule has 23 heavy (non-hydrogen) atoms. The topological polar surface area (TPSA) is 41.6 Å². The van der Waals surface area contributed by atoms with Gasteiger partial charge in [0.25, 0.3) is 5.91 Å². The van der Waals surface area contributed by atoms with Crippen LogP contribution >= 0.6 is 15.9 Å². The van der Waals surface area contributed by atoms with E-state index in [1.165, 1.54) is 5.56 Å². The summed E-state index contributed by atoms with van der Waals surface area (Å²) in [6, 6.07) is 15.4. The minimum Gasteiger partial charge on any atom is -0.379 e. The van der Waals surface area contributed by atoms with E-state index in [2.05, 4.69) is 38.3 Å². The lowest BCUT2D eigenvalue weighted by Crippen LogP contribution is -2.35. The molecule has 0 saturated carbocycles. The van der Waals surface area contributed by atoms with Crippen molar-refractivity contribution in [1.29, 1.82) is 0 Å². The average molecular weight is 375 g/mol. The molecule has 2 aromatic rings. The van der Waals surface area contributed by atoms with Crippen molar-refractivity contribution in [3.8, 4) is 0 Å². The monoisotopic (exact) mass is 374 g/mol. The highest BCUT2D eigenvalue weighted by molar-refractivity contribution is 9.10. The van der Waals surface area contributed by atoms with Crippen LogP contribution in [0.3, 0.4) is 0 Å². The first-order valence-electron chi connectivity index (χ1n) is 7.67. The van der Waals surface area contributed by atoms with Crippen LogP contribution in [0.15, 0.2) is 53.0 Å². The fraction of sp³-hybridized carbons (Fsp3) is 0.278. The molecule has 0 unspecified atom stereocenters. The highest BCUT2D eigenvalue weighted by Crippen LogP contribution is 2.16. The molecule has 120 valence electrons. The molecule has 1 aliphatic heterocycles. The van der Waals surface area contributed by atoms with Crippen molar-refractivity contribution in [3.05, 3.63) is 64.1 Å². The van der Waals surface area contributed by atoms with E-state index in [1.54, 1.807) is 6.07 Å². The molecule has 0 spiro atoms. The van der Waals surface area contributed by atoms with Crippen molar-refractivity contribution in [2.45, 2.75) is 6.54 Å². The molecule has 1 N–H and O–H groups in total. The van der Waals surface area contributed by atoms with Gasteiger partial charge in [0.1, 0.15) is 0 Å². The van der Waals surface area contributed by atoms with Gasteiger partial charge in [-0.3, -0.25) is 9.69 Å². The van der Waals surface area contributed by atoms with Gasteiger partial charge >= 0.3 is 0 Å². The van der Waals surface area contributed by atoms with E-state index in [9.17, 15) is 4.79 Å². The molecule has 1 fully saturated rings. The Balaban J connectivity index is 1.59. The van der Waals surface area contributed by atoms with Gasteiger partial charge in [-0.2, -0.15) is 0 Å². The third-order valence-corrected chi connectivity index (χ3v) is 4.30. The van der Waals surface area contributed by atoms with Crippen LogP contribution in [0, 0.1) is 0 Å². The molecule has 1 heterocycles. The first-order chi connectivity index (χ1) is 11.2. The quantitative estimate of drug-likeness (QED) is 0.889. The first kappa shape index (κ1) is 16.2. The zero-order valence-corrected chi connectivity index (χ0v) is 14.4. The highest BCUT2D eigenvalue weighted by atomic mass is 79.9. The number of nitrogens with zero attached hydrogens (tertiary/aromatic N) is 1. The van der Waals surface area contributed by atoms with Gasteiger partial charge in [-0.15, -0.1) is 0 Å². The Hall–Kier alpha value is -1.69. The van der Waals surface area contributed by atoms with Gasteiger partial charge < -0.3 is 10.1 Å². The van der Waals surface area contributed by atoms with E-state index in [-0.39, 0.29) is 5.91 Å². The van der Waals surface area contributed by atoms with Crippen molar-refractivity contribution in [2.75, 3.05) is 31.6 Å². The second kappa shape index (κ2) is 7.73. The first-order valence-corrected chi connectivity index (χ1v) is 8.46. The standard InChI is InChI=1S/C18H19BrN2O2/c19-16-3-1-2-15(12-16)18(22)20-17-6-4-14(5-7-17)13-21-8-10-23-11-9-21/h1-7,12H,8-11,13H2,(H,20,22). The van der Waals surface area contributed by atoms with Crippen molar-refractivity contribution in [2.24, 2.45) is 0 Å². The summed E-state index contributed by atoms with van der Waals surface area (Å²) in [5.74, 6) is -0.104. The SMILES string of the molecule is O=C(Nc1ccc(CN2CCOCC2)cc1)c1cccc(Br)c1. The number of hydrogen-bond donors (Lipinski definition) is 1. The van der Waals surface area contributed by atoms with Crippen LogP contribution in [0.2, 0.25) is 0 Å². The van der Waals surface area contributed by atoms with Gasteiger partial charge in [0.05, 0.1) is 13.2 Å². The van der Waals surface area contributed by atoms with Crippen LogP contribution in [0.1, 0.15) is 15.9 Å². The molecule has 0 atom stereocenters. The van der Waals surface area contributed by atoms with Crippen LogP contribution in [-0.4, -0.2) is 37.1 Å². The number of ether oxygens (including phenoxy) is 1. The molecule has 4 nitrogen and oxygen atoms in total. The molecule has 2 aromatic carbocycles. The highest BCUT2D eigenvalue weighted by Gasteiger charge is 2.11. The summed E-state index contributed by atoms with van der Waals surface area (Å²) in [7, 11) is 0. The fourth-order valence-corrected chi connectivity index (χ4v) is 2.94. The lowest BCUT2D eigenvalue weighted by molar-refractivity contribution is 0.0342. The van der Waals surface area contributed by atoms with Gasteiger partial charge in [-0.1, -0.05) is 34.1 Å². The predicted molar refractivity (Wildman–Crippen MR) is 94.6 cm³/mol. The molecule has 0 bridgehead atoms. The largest absolute Gasteiger partial charge is 0.379 e. The number of amides is 1. The van der Waals surface area contributed by atoms with Gasteiger partial charge in [-0.05, 0) is 35.9 Å². The number of halogens is 1.